The maximum Gasteiger partial charge on any atom is 0.123 e. The molecule has 4 heteroatoms. The molecular weight excluding hydrogens is 277 g/mol. The van der Waals surface area contributed by atoms with E-state index < -0.39 is 0 Å². The van der Waals surface area contributed by atoms with Crippen molar-refractivity contribution in [3.8, 4) is 0 Å². The van der Waals surface area contributed by atoms with Crippen LogP contribution in [0.1, 0.15) is 29.8 Å². The number of hydrogen-bond donors (Lipinski definition) is 2. The molecule has 0 saturated carbocycles. The lowest BCUT2D eigenvalue weighted by Crippen LogP contribution is -2.27. The van der Waals surface area contributed by atoms with Gasteiger partial charge >= 0.3 is 0 Å². The van der Waals surface area contributed by atoms with E-state index in [0.29, 0.717) is 0 Å². The van der Waals surface area contributed by atoms with Gasteiger partial charge in [-0.25, -0.2) is 15.2 Å². The highest BCUT2D eigenvalue weighted by atomic mass is 19.1. The topological polar surface area (TPSA) is 37.0 Å². The monoisotopic (exact) mass is 293 g/mol. The Bertz CT molecular complexity index is 801. The molecule has 2 atom stereocenters. The molecule has 22 heavy (non-hydrogen) atoms. The number of hydrazine groups is 1. The van der Waals surface area contributed by atoms with Gasteiger partial charge in [0.15, 0.2) is 0 Å². The number of fused-ring (bicyclic) bond motifs is 1. The summed E-state index contributed by atoms with van der Waals surface area (Å²) in [7, 11) is 0. The van der Waals surface area contributed by atoms with Crippen molar-refractivity contribution in [2.45, 2.75) is 18.5 Å². The number of benzene rings is 2. The summed E-state index contributed by atoms with van der Waals surface area (Å²) in [6, 6.07) is 19.2. The highest BCUT2D eigenvalue weighted by Crippen LogP contribution is 2.30. The van der Waals surface area contributed by atoms with Gasteiger partial charge in [-0.2, -0.15) is 0 Å². The van der Waals surface area contributed by atoms with Gasteiger partial charge in [-0.1, -0.05) is 36.4 Å². The molecule has 0 spiro atoms. The standard InChI is InChI=1S/C18H16FN3/c19-14-8-5-13(6-9-14)17-11-18(22-21-17)16-10-7-12-3-1-2-4-15(12)20-16/h1-10,17-18,21-22H,11H2. The summed E-state index contributed by atoms with van der Waals surface area (Å²) in [5.74, 6) is -0.206. The second-order valence-electron chi connectivity index (χ2n) is 5.61. The van der Waals surface area contributed by atoms with Crippen LogP contribution >= 0.6 is 0 Å². The Balaban J connectivity index is 1.57. The molecule has 1 aromatic heterocycles. The number of nitrogens with zero attached hydrogens (tertiary/aromatic N) is 1. The molecule has 1 aliphatic rings. The Kier molecular flexibility index (Phi) is 3.33. The quantitative estimate of drug-likeness (QED) is 0.757. The number of rotatable bonds is 2. The van der Waals surface area contributed by atoms with Crippen LogP contribution in [0.25, 0.3) is 10.9 Å². The second kappa shape index (κ2) is 5.48. The van der Waals surface area contributed by atoms with E-state index in [2.05, 4.69) is 29.1 Å². The zero-order valence-electron chi connectivity index (χ0n) is 12.0. The lowest BCUT2D eigenvalue weighted by Gasteiger charge is -2.10. The van der Waals surface area contributed by atoms with Crippen molar-refractivity contribution < 1.29 is 4.39 Å². The van der Waals surface area contributed by atoms with Gasteiger partial charge in [-0.15, -0.1) is 0 Å². The average Bonchev–Trinajstić information content (AvgIpc) is 3.05. The Morgan fingerprint density at radius 2 is 1.64 bits per heavy atom. The first-order chi connectivity index (χ1) is 10.8. The predicted octanol–water partition coefficient (Wildman–Crippen LogP) is 3.65. The van der Waals surface area contributed by atoms with E-state index in [-0.39, 0.29) is 17.9 Å². The van der Waals surface area contributed by atoms with Crippen LogP contribution in [0.4, 0.5) is 4.39 Å². The summed E-state index contributed by atoms with van der Waals surface area (Å²) in [4.78, 5) is 4.74. The first kappa shape index (κ1) is 13.4. The third-order valence-electron chi connectivity index (χ3n) is 4.15. The summed E-state index contributed by atoms with van der Waals surface area (Å²) in [5.41, 5.74) is 9.68. The lowest BCUT2D eigenvalue weighted by atomic mass is 10.00. The van der Waals surface area contributed by atoms with Crippen LogP contribution in [0.3, 0.4) is 0 Å². The fourth-order valence-electron chi connectivity index (χ4n) is 2.94. The van der Waals surface area contributed by atoms with E-state index in [0.717, 1.165) is 28.6 Å². The second-order valence-corrected chi connectivity index (χ2v) is 5.61. The van der Waals surface area contributed by atoms with Gasteiger partial charge < -0.3 is 0 Å². The first-order valence-corrected chi connectivity index (χ1v) is 7.42. The SMILES string of the molecule is Fc1ccc(C2CC(c3ccc4ccccc4n3)NN2)cc1. The van der Waals surface area contributed by atoms with Crippen molar-refractivity contribution >= 4 is 10.9 Å². The summed E-state index contributed by atoms with van der Waals surface area (Å²) < 4.78 is 13.0. The Labute approximate surface area is 128 Å². The molecule has 3 nitrogen and oxygen atoms in total. The fraction of sp³-hybridized carbons (Fsp3) is 0.167. The molecule has 2 unspecified atom stereocenters. The maximum absolute atomic E-state index is 13.0. The van der Waals surface area contributed by atoms with Crippen molar-refractivity contribution in [3.63, 3.8) is 0 Å². The molecular formula is C18H16FN3. The number of pyridine rings is 1. The number of aromatic nitrogens is 1. The highest BCUT2D eigenvalue weighted by molar-refractivity contribution is 5.78. The van der Waals surface area contributed by atoms with Crippen LogP contribution in [0.2, 0.25) is 0 Å². The van der Waals surface area contributed by atoms with Crippen molar-refractivity contribution in [1.29, 1.82) is 0 Å². The highest BCUT2D eigenvalue weighted by Gasteiger charge is 2.27. The molecule has 0 radical (unpaired) electrons. The van der Waals surface area contributed by atoms with E-state index in [1.54, 1.807) is 0 Å². The number of para-hydroxylation sites is 1. The predicted molar refractivity (Wildman–Crippen MR) is 84.5 cm³/mol. The minimum atomic E-state index is -0.206. The van der Waals surface area contributed by atoms with Crippen LogP contribution in [0.15, 0.2) is 60.7 Å². The zero-order valence-corrected chi connectivity index (χ0v) is 12.0. The molecule has 2 heterocycles. The molecule has 2 aromatic carbocycles. The van der Waals surface area contributed by atoms with Crippen LogP contribution in [-0.4, -0.2) is 4.98 Å². The third kappa shape index (κ3) is 2.47. The van der Waals surface area contributed by atoms with Crippen molar-refractivity contribution in [3.05, 3.63) is 77.7 Å². The molecule has 0 bridgehead atoms. The Hall–Kier alpha value is -2.30. The van der Waals surface area contributed by atoms with Crippen LogP contribution in [0, 0.1) is 5.82 Å². The normalized spacial score (nSPS) is 21.3. The van der Waals surface area contributed by atoms with Crippen LogP contribution < -0.4 is 10.9 Å². The fourth-order valence-corrected chi connectivity index (χ4v) is 2.94. The molecule has 4 rings (SSSR count). The molecule has 1 fully saturated rings. The largest absolute Gasteiger partial charge is 0.251 e. The van der Waals surface area contributed by atoms with E-state index in [4.69, 9.17) is 4.98 Å². The van der Waals surface area contributed by atoms with Gasteiger partial charge in [0.25, 0.3) is 0 Å². The van der Waals surface area contributed by atoms with Crippen molar-refractivity contribution in [2.24, 2.45) is 0 Å². The molecule has 2 N–H and O–H groups in total. The van der Waals surface area contributed by atoms with E-state index in [1.807, 2.05) is 30.3 Å². The van der Waals surface area contributed by atoms with Crippen LogP contribution in [-0.2, 0) is 0 Å². The zero-order chi connectivity index (χ0) is 14.9. The van der Waals surface area contributed by atoms with Crippen LogP contribution in [0.5, 0.6) is 0 Å². The van der Waals surface area contributed by atoms with E-state index >= 15 is 0 Å². The van der Waals surface area contributed by atoms with Gasteiger partial charge in [0.1, 0.15) is 5.82 Å². The van der Waals surface area contributed by atoms with Gasteiger partial charge in [-0.05, 0) is 36.2 Å². The minimum Gasteiger partial charge on any atom is -0.251 e. The van der Waals surface area contributed by atoms with Crippen molar-refractivity contribution in [1.82, 2.24) is 15.8 Å². The number of hydrogen-bond acceptors (Lipinski definition) is 3. The Morgan fingerprint density at radius 3 is 2.50 bits per heavy atom. The van der Waals surface area contributed by atoms with Gasteiger partial charge in [-0.3, -0.25) is 4.98 Å². The molecule has 1 aliphatic heterocycles. The Morgan fingerprint density at radius 1 is 0.864 bits per heavy atom. The minimum absolute atomic E-state index is 0.152. The van der Waals surface area contributed by atoms with E-state index in [1.165, 1.54) is 12.1 Å². The molecule has 0 aliphatic carbocycles. The summed E-state index contributed by atoms with van der Waals surface area (Å²) in [6.07, 6.45) is 0.886. The van der Waals surface area contributed by atoms with E-state index in [9.17, 15) is 4.39 Å². The smallest absolute Gasteiger partial charge is 0.123 e. The first-order valence-electron chi connectivity index (χ1n) is 7.42. The molecule has 1 saturated heterocycles. The van der Waals surface area contributed by atoms with Gasteiger partial charge in [0.05, 0.1) is 17.3 Å². The lowest BCUT2D eigenvalue weighted by molar-refractivity contribution is 0.549. The average molecular weight is 293 g/mol. The number of halogens is 1. The number of nitrogens with one attached hydrogen (secondary N) is 2. The maximum atomic E-state index is 13.0. The van der Waals surface area contributed by atoms with Gasteiger partial charge in [0, 0.05) is 11.4 Å². The summed E-state index contributed by atoms with van der Waals surface area (Å²) in [5, 5.41) is 1.15. The summed E-state index contributed by atoms with van der Waals surface area (Å²) >= 11 is 0. The molecule has 0 amide bonds. The summed E-state index contributed by atoms with van der Waals surface area (Å²) in [6.45, 7) is 0. The third-order valence-corrected chi connectivity index (χ3v) is 4.15. The molecule has 3 aromatic rings. The van der Waals surface area contributed by atoms with Gasteiger partial charge in [0.2, 0.25) is 0 Å². The van der Waals surface area contributed by atoms with Crippen molar-refractivity contribution in [2.75, 3.05) is 0 Å². The molecule has 110 valence electrons.